The molecule has 3 atom stereocenters. The Hall–Kier alpha value is -3.01. The second-order valence-corrected chi connectivity index (χ2v) is 8.13. The third kappa shape index (κ3) is 3.34. The van der Waals surface area contributed by atoms with Crippen molar-refractivity contribution in [1.82, 2.24) is 25.1 Å². The number of nitrogens with one attached hydrogen (secondary N) is 2. The van der Waals surface area contributed by atoms with E-state index in [1.54, 1.807) is 4.68 Å². The number of hydrogen-bond acceptors (Lipinski definition) is 5. The molecule has 4 heterocycles. The topological polar surface area (TPSA) is 84.7 Å². The highest BCUT2D eigenvalue weighted by molar-refractivity contribution is 5.98. The first-order chi connectivity index (χ1) is 14.8. The molecule has 31 heavy (non-hydrogen) atoms. The number of amides is 1. The predicted molar refractivity (Wildman–Crippen MR) is 109 cm³/mol. The van der Waals surface area contributed by atoms with Crippen LogP contribution >= 0.6 is 0 Å². The molecule has 3 aromatic rings. The first-order valence-electron chi connectivity index (χ1n) is 10.2. The minimum Gasteiger partial charge on any atom is -0.314 e. The van der Waals surface area contributed by atoms with Crippen molar-refractivity contribution in [3.05, 3.63) is 36.2 Å². The Morgan fingerprint density at radius 1 is 1.19 bits per heavy atom. The summed E-state index contributed by atoms with van der Waals surface area (Å²) in [7, 11) is 0. The van der Waals surface area contributed by atoms with E-state index in [4.69, 9.17) is 0 Å². The van der Waals surface area contributed by atoms with Gasteiger partial charge in [-0.05, 0) is 26.0 Å². The van der Waals surface area contributed by atoms with Crippen LogP contribution in [0.3, 0.4) is 0 Å². The van der Waals surface area contributed by atoms with Gasteiger partial charge in [-0.15, -0.1) is 0 Å². The Kier molecular flexibility index (Phi) is 4.69. The van der Waals surface area contributed by atoms with E-state index in [0.717, 1.165) is 6.92 Å². The first kappa shape index (κ1) is 19.9. The Balaban J connectivity index is 1.73. The largest absolute Gasteiger partial charge is 0.314 e. The van der Waals surface area contributed by atoms with Crippen LogP contribution in [-0.4, -0.2) is 50.8 Å². The van der Waals surface area contributed by atoms with E-state index in [0.29, 0.717) is 29.6 Å². The van der Waals surface area contributed by atoms with E-state index in [1.165, 1.54) is 6.33 Å². The summed E-state index contributed by atoms with van der Waals surface area (Å²) < 4.78 is 45.4. The molecule has 1 aromatic carbocycles. The molecule has 2 aliphatic heterocycles. The van der Waals surface area contributed by atoms with Crippen LogP contribution in [-0.2, 0) is 4.79 Å². The fourth-order valence-corrected chi connectivity index (χ4v) is 4.52. The summed E-state index contributed by atoms with van der Waals surface area (Å²) in [4.78, 5) is 20.3. The zero-order valence-corrected chi connectivity index (χ0v) is 16.8. The standard InChI is InChI=1S/C21H21F3N6O/c1-21(23,24)12-8-16(31)28-20-17(12)19(26-10-27-20)18-11-4-2-3-5-14(11)30(29-18)15-6-7-25-9-13(15)22/h2-5,10,12-13,15,25H,6-9H2,1H3,(H,26,27,28,31)/t12-,13-,15+/m1/s1. The van der Waals surface area contributed by atoms with E-state index in [2.05, 4.69) is 25.7 Å². The number of aromatic nitrogens is 4. The molecule has 5 rings (SSSR count). The lowest BCUT2D eigenvalue weighted by atomic mass is 9.85. The molecule has 7 nitrogen and oxygen atoms in total. The number of carbonyl (C=O) groups is 1. The molecular weight excluding hydrogens is 409 g/mol. The fourth-order valence-electron chi connectivity index (χ4n) is 4.52. The number of hydrogen-bond donors (Lipinski definition) is 2. The summed E-state index contributed by atoms with van der Waals surface area (Å²) in [6.45, 7) is 1.68. The highest BCUT2D eigenvalue weighted by atomic mass is 19.3. The van der Waals surface area contributed by atoms with Gasteiger partial charge in [0.05, 0.1) is 17.5 Å². The summed E-state index contributed by atoms with van der Waals surface area (Å²) in [6, 6.07) is 6.83. The lowest BCUT2D eigenvalue weighted by molar-refractivity contribution is -0.119. The zero-order chi connectivity index (χ0) is 21.8. The molecule has 2 N–H and O–H groups in total. The van der Waals surface area contributed by atoms with Gasteiger partial charge in [-0.3, -0.25) is 9.48 Å². The molecule has 0 aliphatic carbocycles. The van der Waals surface area contributed by atoms with Crippen LogP contribution in [0.15, 0.2) is 30.6 Å². The van der Waals surface area contributed by atoms with Crippen molar-refractivity contribution in [1.29, 1.82) is 0 Å². The Labute approximate surface area is 176 Å². The predicted octanol–water partition coefficient (Wildman–Crippen LogP) is 3.45. The highest BCUT2D eigenvalue weighted by Crippen LogP contribution is 2.46. The van der Waals surface area contributed by atoms with Crippen LogP contribution in [0.4, 0.5) is 19.0 Å². The lowest BCUT2D eigenvalue weighted by Gasteiger charge is -2.30. The Morgan fingerprint density at radius 3 is 2.77 bits per heavy atom. The maximum Gasteiger partial charge on any atom is 0.252 e. The number of rotatable bonds is 3. The molecular formula is C21H21F3N6O. The van der Waals surface area contributed by atoms with Gasteiger partial charge in [0, 0.05) is 23.9 Å². The van der Waals surface area contributed by atoms with Gasteiger partial charge in [-0.1, -0.05) is 18.2 Å². The van der Waals surface area contributed by atoms with Gasteiger partial charge >= 0.3 is 0 Å². The summed E-state index contributed by atoms with van der Waals surface area (Å²) in [6.07, 6.45) is 0.271. The lowest BCUT2D eigenvalue weighted by Crippen LogP contribution is -2.39. The molecule has 10 heteroatoms. The number of benzene rings is 1. The monoisotopic (exact) mass is 430 g/mol. The molecule has 2 aromatic heterocycles. The number of para-hydroxylation sites is 1. The average molecular weight is 430 g/mol. The van der Waals surface area contributed by atoms with Gasteiger partial charge in [-0.25, -0.2) is 23.1 Å². The quantitative estimate of drug-likeness (QED) is 0.665. The van der Waals surface area contributed by atoms with Crippen LogP contribution in [0, 0.1) is 0 Å². The van der Waals surface area contributed by atoms with Crippen molar-refractivity contribution in [2.75, 3.05) is 18.4 Å². The molecule has 0 radical (unpaired) electrons. The number of piperidine rings is 1. The summed E-state index contributed by atoms with van der Waals surface area (Å²) in [5, 5.41) is 11.0. The van der Waals surface area contributed by atoms with Crippen LogP contribution < -0.4 is 10.6 Å². The van der Waals surface area contributed by atoms with Gasteiger partial charge in [0.15, 0.2) is 0 Å². The second kappa shape index (κ2) is 7.30. The molecule has 0 bridgehead atoms. The Bertz CT molecular complexity index is 1160. The highest BCUT2D eigenvalue weighted by Gasteiger charge is 2.44. The zero-order valence-electron chi connectivity index (χ0n) is 16.8. The fraction of sp³-hybridized carbons (Fsp3) is 0.429. The van der Waals surface area contributed by atoms with Crippen LogP contribution in [0.2, 0.25) is 0 Å². The van der Waals surface area contributed by atoms with E-state index in [1.807, 2.05) is 24.3 Å². The van der Waals surface area contributed by atoms with Crippen molar-refractivity contribution in [3.8, 4) is 11.4 Å². The normalized spacial score (nSPS) is 24.1. The van der Waals surface area contributed by atoms with Crippen molar-refractivity contribution in [2.45, 2.75) is 43.8 Å². The SMILES string of the molecule is CC(F)(F)[C@@H]1CC(=O)Nc2ncnc(-c3nn([C@H]4CCNC[C@H]4F)c4ccccc34)c21. The van der Waals surface area contributed by atoms with Crippen molar-refractivity contribution < 1.29 is 18.0 Å². The van der Waals surface area contributed by atoms with E-state index in [9.17, 15) is 18.0 Å². The van der Waals surface area contributed by atoms with Gasteiger partial charge in [0.1, 0.15) is 29.7 Å². The first-order valence-corrected chi connectivity index (χ1v) is 10.2. The maximum absolute atomic E-state index is 14.7. The molecule has 0 spiro atoms. The number of fused-ring (bicyclic) bond motifs is 2. The third-order valence-corrected chi connectivity index (χ3v) is 6.02. The second-order valence-electron chi connectivity index (χ2n) is 8.13. The van der Waals surface area contributed by atoms with Crippen LogP contribution in [0.1, 0.15) is 37.3 Å². The number of carbonyl (C=O) groups excluding carboxylic acids is 1. The number of halogens is 3. The van der Waals surface area contributed by atoms with Gasteiger partial charge in [-0.2, -0.15) is 5.10 Å². The number of alkyl halides is 3. The number of anilines is 1. The van der Waals surface area contributed by atoms with Crippen LogP contribution in [0.5, 0.6) is 0 Å². The molecule has 1 saturated heterocycles. The molecule has 1 amide bonds. The van der Waals surface area contributed by atoms with Gasteiger partial charge in [0.25, 0.3) is 5.92 Å². The maximum atomic E-state index is 14.7. The minimum atomic E-state index is -3.16. The Morgan fingerprint density at radius 2 is 2.00 bits per heavy atom. The molecule has 0 saturated carbocycles. The van der Waals surface area contributed by atoms with Crippen molar-refractivity contribution >= 4 is 22.6 Å². The summed E-state index contributed by atoms with van der Waals surface area (Å²) in [5.74, 6) is -5.00. The van der Waals surface area contributed by atoms with Gasteiger partial charge < -0.3 is 10.6 Å². The molecule has 2 aliphatic rings. The van der Waals surface area contributed by atoms with E-state index < -0.39 is 30.0 Å². The minimum absolute atomic E-state index is 0.0663. The third-order valence-electron chi connectivity index (χ3n) is 6.02. The molecule has 1 fully saturated rings. The molecule has 0 unspecified atom stereocenters. The van der Waals surface area contributed by atoms with Crippen LogP contribution in [0.25, 0.3) is 22.3 Å². The smallest absolute Gasteiger partial charge is 0.252 e. The summed E-state index contributed by atoms with van der Waals surface area (Å²) >= 11 is 0. The number of nitrogens with zero attached hydrogens (tertiary/aromatic N) is 4. The average Bonchev–Trinajstić information content (AvgIpc) is 3.11. The van der Waals surface area contributed by atoms with E-state index in [-0.39, 0.29) is 30.0 Å². The van der Waals surface area contributed by atoms with Crippen molar-refractivity contribution in [3.63, 3.8) is 0 Å². The van der Waals surface area contributed by atoms with Gasteiger partial charge in [0.2, 0.25) is 5.91 Å². The van der Waals surface area contributed by atoms with E-state index >= 15 is 0 Å². The summed E-state index contributed by atoms with van der Waals surface area (Å²) in [5.41, 5.74) is 1.48. The van der Waals surface area contributed by atoms with Crippen molar-refractivity contribution in [2.24, 2.45) is 0 Å². The molecule has 162 valence electrons.